The highest BCUT2D eigenvalue weighted by Crippen LogP contribution is 2.36. The van der Waals surface area contributed by atoms with Gasteiger partial charge in [-0.25, -0.2) is 4.99 Å². The second-order valence-electron chi connectivity index (χ2n) is 2.60. The summed E-state index contributed by atoms with van der Waals surface area (Å²) in [6.45, 7) is 0.260. The zero-order valence-electron chi connectivity index (χ0n) is 7.41. The van der Waals surface area contributed by atoms with Crippen molar-refractivity contribution in [3.8, 4) is 0 Å². The van der Waals surface area contributed by atoms with E-state index in [1.165, 1.54) is 12.1 Å². The molecule has 6 heteroatoms. The van der Waals surface area contributed by atoms with Crippen molar-refractivity contribution >= 4 is 29.1 Å². The molecule has 0 spiro atoms. The smallest absolute Gasteiger partial charge is 0.228 e. The summed E-state index contributed by atoms with van der Waals surface area (Å²) in [5.41, 5.74) is -3.58. The molecule has 1 aromatic rings. The van der Waals surface area contributed by atoms with E-state index in [1.54, 1.807) is 12.1 Å². The molecule has 1 nitrogen and oxygen atoms in total. The number of aliphatic imine (C=N–C) groups is 1. The van der Waals surface area contributed by atoms with Crippen molar-refractivity contribution in [2.75, 3.05) is 0 Å². The van der Waals surface area contributed by atoms with Crippen LogP contribution in [-0.4, -0.2) is 10.7 Å². The highest BCUT2D eigenvalue weighted by atomic mass is 32.2. The van der Waals surface area contributed by atoms with E-state index >= 15 is 0 Å². The Labute approximate surface area is 94.4 Å². The van der Waals surface area contributed by atoms with Gasteiger partial charge in [0.2, 0.25) is 0 Å². The van der Waals surface area contributed by atoms with Crippen molar-refractivity contribution in [2.45, 2.75) is 16.9 Å². The van der Waals surface area contributed by atoms with Crippen molar-refractivity contribution in [3.05, 3.63) is 29.8 Å². The van der Waals surface area contributed by atoms with Crippen LogP contribution in [0, 0.1) is 0 Å². The van der Waals surface area contributed by atoms with E-state index in [0.717, 1.165) is 0 Å². The van der Waals surface area contributed by atoms with Crippen molar-refractivity contribution < 1.29 is 13.2 Å². The van der Waals surface area contributed by atoms with Crippen LogP contribution in [0.2, 0.25) is 0 Å². The van der Waals surface area contributed by atoms with Gasteiger partial charge >= 0.3 is 5.51 Å². The van der Waals surface area contributed by atoms with Gasteiger partial charge in [-0.05, 0) is 41.7 Å². The average Bonchev–Trinajstić information content (AvgIpc) is 2.12. The highest BCUT2D eigenvalue weighted by Gasteiger charge is 2.29. The summed E-state index contributed by atoms with van der Waals surface area (Å²) in [5, 5.41) is 2.16. The Morgan fingerprint density at radius 2 is 2.13 bits per heavy atom. The fraction of sp³-hybridized carbons (Fsp3) is 0.222. The lowest BCUT2D eigenvalue weighted by molar-refractivity contribution is -0.0328. The van der Waals surface area contributed by atoms with Gasteiger partial charge in [-0.1, -0.05) is 12.1 Å². The van der Waals surface area contributed by atoms with Gasteiger partial charge in [-0.3, -0.25) is 0 Å². The van der Waals surface area contributed by atoms with Crippen LogP contribution in [0.3, 0.4) is 0 Å². The molecule has 0 heterocycles. The molecule has 15 heavy (non-hydrogen) atoms. The molecule has 0 aliphatic heterocycles. The molecule has 0 atom stereocenters. The molecule has 1 rings (SSSR count). The second kappa shape index (κ2) is 5.30. The first-order valence-corrected chi connectivity index (χ1v) is 5.12. The number of thiocarbonyl (C=S) groups is 1. The average molecular weight is 249 g/mol. The third-order valence-electron chi connectivity index (χ3n) is 1.46. The minimum absolute atomic E-state index is 0.140. The molecule has 80 valence electrons. The Morgan fingerprint density at radius 1 is 1.40 bits per heavy atom. The minimum Gasteiger partial charge on any atom is -0.228 e. The summed E-state index contributed by atoms with van der Waals surface area (Å²) in [7, 11) is 0. The first kappa shape index (κ1) is 12.2. The zero-order valence-corrected chi connectivity index (χ0v) is 9.05. The minimum atomic E-state index is -4.26. The van der Waals surface area contributed by atoms with E-state index in [1.807, 2.05) is 0 Å². The van der Waals surface area contributed by atoms with Crippen molar-refractivity contribution in [1.29, 1.82) is 0 Å². The molecule has 0 aliphatic carbocycles. The van der Waals surface area contributed by atoms with Gasteiger partial charge < -0.3 is 0 Å². The molecule has 0 radical (unpaired) electrons. The van der Waals surface area contributed by atoms with Crippen LogP contribution in [-0.2, 0) is 6.54 Å². The summed E-state index contributed by atoms with van der Waals surface area (Å²) in [5.74, 6) is 0. The van der Waals surface area contributed by atoms with Crippen LogP contribution in [0.25, 0.3) is 0 Å². The number of alkyl halides is 3. The van der Waals surface area contributed by atoms with Gasteiger partial charge in [-0.15, -0.1) is 0 Å². The topological polar surface area (TPSA) is 12.4 Å². The summed E-state index contributed by atoms with van der Waals surface area (Å²) in [4.78, 5) is 3.81. The highest BCUT2D eigenvalue weighted by molar-refractivity contribution is 8.00. The van der Waals surface area contributed by atoms with E-state index in [-0.39, 0.29) is 23.2 Å². The lowest BCUT2D eigenvalue weighted by Gasteiger charge is -2.05. The van der Waals surface area contributed by atoms with E-state index in [0.29, 0.717) is 5.56 Å². The number of rotatable bonds is 3. The maximum Gasteiger partial charge on any atom is 0.446 e. The molecule has 0 unspecified atom stereocenters. The number of thioether (sulfide) groups is 1. The maximum atomic E-state index is 12.0. The molecule has 0 saturated heterocycles. The maximum absolute atomic E-state index is 12.0. The molecule has 0 N–H and O–H groups in total. The van der Waals surface area contributed by atoms with Crippen LogP contribution < -0.4 is 0 Å². The molecular weight excluding hydrogens is 243 g/mol. The fourth-order valence-corrected chi connectivity index (χ4v) is 1.65. The van der Waals surface area contributed by atoms with Crippen molar-refractivity contribution in [2.24, 2.45) is 4.99 Å². The molecule has 0 amide bonds. The number of benzene rings is 1. The quantitative estimate of drug-likeness (QED) is 0.457. The Morgan fingerprint density at radius 3 is 2.73 bits per heavy atom. The van der Waals surface area contributed by atoms with Crippen LogP contribution in [0.4, 0.5) is 13.2 Å². The van der Waals surface area contributed by atoms with E-state index in [9.17, 15) is 13.2 Å². The van der Waals surface area contributed by atoms with Gasteiger partial charge in [0.15, 0.2) is 0 Å². The number of isothiocyanates is 1. The Kier molecular flexibility index (Phi) is 4.32. The van der Waals surface area contributed by atoms with E-state index in [2.05, 4.69) is 22.4 Å². The molecular formula is C9H6F3NS2. The van der Waals surface area contributed by atoms with Gasteiger partial charge in [0, 0.05) is 4.90 Å². The van der Waals surface area contributed by atoms with Gasteiger partial charge in [-0.2, -0.15) is 13.2 Å². The Balaban J connectivity index is 2.78. The summed E-state index contributed by atoms with van der Waals surface area (Å²) in [6.07, 6.45) is 0. The summed E-state index contributed by atoms with van der Waals surface area (Å²) in [6, 6.07) is 6.09. The monoisotopic (exact) mass is 249 g/mol. The third-order valence-corrected chi connectivity index (χ3v) is 2.31. The first-order valence-electron chi connectivity index (χ1n) is 3.89. The predicted octanol–water partition coefficient (Wildman–Crippen LogP) is 3.90. The van der Waals surface area contributed by atoms with Crippen LogP contribution in [0.5, 0.6) is 0 Å². The SMILES string of the molecule is FC(F)(F)Sc1cccc(CN=C=S)c1. The normalized spacial score (nSPS) is 10.9. The van der Waals surface area contributed by atoms with Gasteiger partial charge in [0.05, 0.1) is 11.7 Å². The molecule has 1 aromatic carbocycles. The number of nitrogens with zero attached hydrogens (tertiary/aromatic N) is 1. The molecule has 0 fully saturated rings. The van der Waals surface area contributed by atoms with Crippen LogP contribution in [0.1, 0.15) is 5.56 Å². The third kappa shape index (κ3) is 4.97. The fourth-order valence-electron chi connectivity index (χ4n) is 0.965. The molecule has 0 saturated carbocycles. The summed E-state index contributed by atoms with van der Waals surface area (Å²) < 4.78 is 36.1. The standard InChI is InChI=1S/C9H6F3NS2/c10-9(11,12)15-8-3-1-2-7(4-8)5-13-6-14/h1-4H,5H2. The lowest BCUT2D eigenvalue weighted by atomic mass is 10.2. The van der Waals surface area contributed by atoms with Crippen molar-refractivity contribution in [1.82, 2.24) is 0 Å². The second-order valence-corrected chi connectivity index (χ2v) is 3.92. The zero-order chi connectivity index (χ0) is 11.3. The first-order chi connectivity index (χ1) is 7.01. The predicted molar refractivity (Wildman–Crippen MR) is 57.1 cm³/mol. The van der Waals surface area contributed by atoms with Gasteiger partial charge in [0.25, 0.3) is 0 Å². The Bertz CT molecular complexity index is 383. The van der Waals surface area contributed by atoms with E-state index < -0.39 is 5.51 Å². The van der Waals surface area contributed by atoms with Crippen molar-refractivity contribution in [3.63, 3.8) is 0 Å². The molecule has 0 bridgehead atoms. The summed E-state index contributed by atoms with van der Waals surface area (Å²) >= 11 is 4.23. The van der Waals surface area contributed by atoms with Crippen LogP contribution >= 0.6 is 24.0 Å². The Hall–Kier alpha value is -0.840. The lowest BCUT2D eigenvalue weighted by Crippen LogP contribution is -1.99. The largest absolute Gasteiger partial charge is 0.446 e. The number of hydrogen-bond acceptors (Lipinski definition) is 3. The van der Waals surface area contributed by atoms with E-state index in [4.69, 9.17) is 0 Å². The molecule has 0 aromatic heterocycles. The van der Waals surface area contributed by atoms with Crippen LogP contribution in [0.15, 0.2) is 34.2 Å². The van der Waals surface area contributed by atoms with Gasteiger partial charge in [0.1, 0.15) is 0 Å². The number of halogens is 3. The number of hydrogen-bond donors (Lipinski definition) is 0. The molecule has 0 aliphatic rings.